The summed E-state index contributed by atoms with van der Waals surface area (Å²) in [5.41, 5.74) is 8.46. The first-order chi connectivity index (χ1) is 12.7. The van der Waals surface area contributed by atoms with Gasteiger partial charge >= 0.3 is 0 Å². The molecule has 0 saturated heterocycles. The zero-order chi connectivity index (χ0) is 18.4. The first-order valence-corrected chi connectivity index (χ1v) is 8.21. The normalized spacial score (nSPS) is 10.3. The van der Waals surface area contributed by atoms with E-state index >= 15 is 0 Å². The van der Waals surface area contributed by atoms with Gasteiger partial charge in [-0.05, 0) is 42.3 Å². The van der Waals surface area contributed by atoms with Gasteiger partial charge in [0, 0.05) is 11.3 Å². The van der Waals surface area contributed by atoms with Crippen LogP contribution in [0, 0.1) is 0 Å². The van der Waals surface area contributed by atoms with Crippen LogP contribution >= 0.6 is 0 Å². The number of nitrogen functional groups attached to an aromatic ring is 1. The van der Waals surface area contributed by atoms with Crippen LogP contribution in [0.4, 0.5) is 17.6 Å². The van der Waals surface area contributed by atoms with Gasteiger partial charge in [-0.2, -0.15) is 15.0 Å². The summed E-state index contributed by atoms with van der Waals surface area (Å²) in [6.45, 7) is 2.22. The number of aromatic nitrogens is 3. The van der Waals surface area contributed by atoms with E-state index in [1.54, 1.807) is 24.3 Å². The average Bonchev–Trinajstić information content (AvgIpc) is 2.67. The quantitative estimate of drug-likeness (QED) is 0.632. The third-order valence-electron chi connectivity index (χ3n) is 3.73. The number of nitrogens with two attached hydrogens (primary N) is 1. The van der Waals surface area contributed by atoms with Gasteiger partial charge in [0.15, 0.2) is 5.82 Å². The first-order valence-electron chi connectivity index (χ1n) is 8.21. The van der Waals surface area contributed by atoms with Crippen LogP contribution in [-0.4, -0.2) is 21.2 Å². The maximum absolute atomic E-state index is 10.7. The molecule has 0 amide bonds. The van der Waals surface area contributed by atoms with Crippen molar-refractivity contribution in [3.05, 3.63) is 65.5 Å². The Hall–Kier alpha value is -3.48. The van der Waals surface area contributed by atoms with Gasteiger partial charge in [0.25, 0.3) is 0 Å². The fourth-order valence-corrected chi connectivity index (χ4v) is 2.42. The number of nitrogens with one attached hydrogen (secondary N) is 1. The number of anilines is 3. The number of aldehydes is 1. The summed E-state index contributed by atoms with van der Waals surface area (Å²) in [4.78, 5) is 23.3. The molecule has 132 valence electrons. The fourth-order valence-electron chi connectivity index (χ4n) is 2.42. The summed E-state index contributed by atoms with van der Waals surface area (Å²) >= 11 is 0. The molecule has 0 radical (unpaired) electrons. The molecule has 3 rings (SSSR count). The number of carbonyl (C=O) groups is 1. The molecule has 7 nitrogen and oxygen atoms in total. The highest BCUT2D eigenvalue weighted by Crippen LogP contribution is 2.20. The van der Waals surface area contributed by atoms with E-state index in [2.05, 4.69) is 27.2 Å². The second-order valence-corrected chi connectivity index (χ2v) is 5.54. The third kappa shape index (κ3) is 4.32. The lowest BCUT2D eigenvalue weighted by Crippen LogP contribution is -2.10. The van der Waals surface area contributed by atoms with Crippen molar-refractivity contribution < 1.29 is 9.53 Å². The van der Waals surface area contributed by atoms with Crippen molar-refractivity contribution in [3.8, 4) is 5.75 Å². The van der Waals surface area contributed by atoms with E-state index in [9.17, 15) is 4.79 Å². The van der Waals surface area contributed by atoms with Crippen LogP contribution in [0.3, 0.4) is 0 Å². The number of rotatable bonds is 7. The SMILES string of the molecule is CCc1ccccc1Nc1nc(N)nc(COc2ccc(C=O)cc2)n1. The molecule has 1 aromatic heterocycles. The van der Waals surface area contributed by atoms with Gasteiger partial charge in [0.05, 0.1) is 0 Å². The lowest BCUT2D eigenvalue weighted by Gasteiger charge is -2.11. The molecule has 0 bridgehead atoms. The van der Waals surface area contributed by atoms with Crippen molar-refractivity contribution in [1.29, 1.82) is 0 Å². The largest absolute Gasteiger partial charge is 0.486 e. The molecule has 0 aliphatic heterocycles. The minimum Gasteiger partial charge on any atom is -0.486 e. The number of hydrogen-bond acceptors (Lipinski definition) is 7. The molecule has 0 spiro atoms. The number of carbonyl (C=O) groups excluding carboxylic acids is 1. The van der Waals surface area contributed by atoms with Crippen LogP contribution in [0.25, 0.3) is 0 Å². The van der Waals surface area contributed by atoms with Gasteiger partial charge in [-0.25, -0.2) is 0 Å². The topological polar surface area (TPSA) is 103 Å². The van der Waals surface area contributed by atoms with E-state index in [-0.39, 0.29) is 12.6 Å². The minimum atomic E-state index is 0.117. The van der Waals surface area contributed by atoms with Gasteiger partial charge in [-0.3, -0.25) is 4.79 Å². The smallest absolute Gasteiger partial charge is 0.232 e. The molecule has 0 unspecified atom stereocenters. The van der Waals surface area contributed by atoms with Crippen LogP contribution in [0.2, 0.25) is 0 Å². The molecule has 3 aromatic rings. The Labute approximate surface area is 151 Å². The van der Waals surface area contributed by atoms with Crippen molar-refractivity contribution in [2.45, 2.75) is 20.0 Å². The van der Waals surface area contributed by atoms with Crippen LogP contribution in [-0.2, 0) is 13.0 Å². The molecular formula is C19H19N5O2. The summed E-state index contributed by atoms with van der Waals surface area (Å²) < 4.78 is 5.64. The standard InChI is InChI=1S/C19H19N5O2/c1-2-14-5-3-4-6-16(14)21-19-23-17(22-18(20)24-19)12-26-15-9-7-13(11-25)8-10-15/h3-11H,2,12H2,1H3,(H3,20,21,22,23,24). The van der Waals surface area contributed by atoms with Crippen LogP contribution in [0.5, 0.6) is 5.75 Å². The molecule has 0 aliphatic rings. The number of aryl methyl sites for hydroxylation is 1. The zero-order valence-corrected chi connectivity index (χ0v) is 14.3. The number of benzene rings is 2. The van der Waals surface area contributed by atoms with Gasteiger partial charge in [-0.15, -0.1) is 0 Å². The second kappa shape index (κ2) is 8.06. The Morgan fingerprint density at radius 1 is 1.08 bits per heavy atom. The number of ether oxygens (including phenoxy) is 1. The van der Waals surface area contributed by atoms with E-state index in [0.717, 1.165) is 24.0 Å². The predicted octanol–water partition coefficient (Wildman–Crippen LogP) is 3.15. The number of hydrogen-bond donors (Lipinski definition) is 2. The van der Waals surface area contributed by atoms with E-state index in [0.29, 0.717) is 23.1 Å². The van der Waals surface area contributed by atoms with Crippen LogP contribution in [0.1, 0.15) is 28.7 Å². The Bertz CT molecular complexity index is 897. The fraction of sp³-hybridized carbons (Fsp3) is 0.158. The molecule has 1 heterocycles. The van der Waals surface area contributed by atoms with E-state index in [4.69, 9.17) is 10.5 Å². The lowest BCUT2D eigenvalue weighted by molar-refractivity contribution is 0.112. The van der Waals surface area contributed by atoms with Crippen molar-refractivity contribution in [3.63, 3.8) is 0 Å². The zero-order valence-electron chi connectivity index (χ0n) is 14.3. The lowest BCUT2D eigenvalue weighted by atomic mass is 10.1. The summed E-state index contributed by atoms with van der Waals surface area (Å²) in [6.07, 6.45) is 1.67. The molecule has 26 heavy (non-hydrogen) atoms. The minimum absolute atomic E-state index is 0.117. The Balaban J connectivity index is 1.73. The summed E-state index contributed by atoms with van der Waals surface area (Å²) in [7, 11) is 0. The maximum Gasteiger partial charge on any atom is 0.232 e. The number of para-hydroxylation sites is 1. The maximum atomic E-state index is 10.7. The van der Waals surface area contributed by atoms with Gasteiger partial charge in [0.2, 0.25) is 11.9 Å². The van der Waals surface area contributed by atoms with E-state index in [1.165, 1.54) is 0 Å². The number of nitrogens with zero attached hydrogens (tertiary/aromatic N) is 3. The first kappa shape index (κ1) is 17.3. The molecule has 7 heteroatoms. The van der Waals surface area contributed by atoms with Gasteiger partial charge in [-0.1, -0.05) is 25.1 Å². The highest BCUT2D eigenvalue weighted by Gasteiger charge is 2.08. The Morgan fingerprint density at radius 2 is 1.85 bits per heavy atom. The molecule has 0 atom stereocenters. The van der Waals surface area contributed by atoms with Crippen molar-refractivity contribution in [2.24, 2.45) is 0 Å². The summed E-state index contributed by atoms with van der Waals surface area (Å²) in [5.74, 6) is 1.51. The van der Waals surface area contributed by atoms with Crippen molar-refractivity contribution in [1.82, 2.24) is 15.0 Å². The highest BCUT2D eigenvalue weighted by atomic mass is 16.5. The van der Waals surface area contributed by atoms with Gasteiger partial charge < -0.3 is 15.8 Å². The van der Waals surface area contributed by atoms with Crippen LogP contribution < -0.4 is 15.8 Å². The summed E-state index contributed by atoms with van der Waals surface area (Å²) in [6, 6.07) is 14.7. The van der Waals surface area contributed by atoms with Crippen molar-refractivity contribution in [2.75, 3.05) is 11.1 Å². The predicted molar refractivity (Wildman–Crippen MR) is 99.5 cm³/mol. The second-order valence-electron chi connectivity index (χ2n) is 5.54. The third-order valence-corrected chi connectivity index (χ3v) is 3.73. The Morgan fingerprint density at radius 3 is 2.58 bits per heavy atom. The molecule has 0 fully saturated rings. The van der Waals surface area contributed by atoms with E-state index in [1.807, 2.05) is 24.3 Å². The monoisotopic (exact) mass is 349 g/mol. The van der Waals surface area contributed by atoms with Gasteiger partial charge in [0.1, 0.15) is 18.6 Å². The highest BCUT2D eigenvalue weighted by molar-refractivity contribution is 5.74. The summed E-state index contributed by atoms with van der Waals surface area (Å²) in [5, 5.41) is 3.18. The van der Waals surface area contributed by atoms with Crippen LogP contribution in [0.15, 0.2) is 48.5 Å². The Kier molecular flexibility index (Phi) is 5.38. The molecule has 0 saturated carbocycles. The van der Waals surface area contributed by atoms with E-state index < -0.39 is 0 Å². The molecular weight excluding hydrogens is 330 g/mol. The molecule has 2 aromatic carbocycles. The molecule has 3 N–H and O–H groups in total. The average molecular weight is 349 g/mol. The van der Waals surface area contributed by atoms with Crippen molar-refractivity contribution >= 4 is 23.9 Å². The molecule has 0 aliphatic carbocycles.